The second-order valence-electron chi connectivity index (χ2n) is 6.90. The number of nitrogens with one attached hydrogen (secondary N) is 1. The highest BCUT2D eigenvalue weighted by Gasteiger charge is 2.25. The summed E-state index contributed by atoms with van der Waals surface area (Å²) < 4.78 is 27.5. The van der Waals surface area contributed by atoms with E-state index >= 15 is 0 Å². The zero-order valence-electron chi connectivity index (χ0n) is 15.5. The van der Waals surface area contributed by atoms with Gasteiger partial charge < -0.3 is 19.7 Å². The van der Waals surface area contributed by atoms with Gasteiger partial charge in [0.05, 0.1) is 6.26 Å². The van der Waals surface area contributed by atoms with Crippen LogP contribution in [0.5, 0.6) is 17.2 Å². The topological polar surface area (TPSA) is 95.9 Å². The molecule has 2 aromatic rings. The van der Waals surface area contributed by atoms with Gasteiger partial charge in [0, 0.05) is 18.0 Å². The smallest absolute Gasteiger partial charge is 0.306 e. The number of phenolic OH excluding ortho intramolecular Hbond substituents is 2. The van der Waals surface area contributed by atoms with Crippen LogP contribution in [0.4, 0.5) is 0 Å². The SMILES string of the molecule is CCCc1c(O)c(O)cc2c1CCNCC2c1ccc(OS(C)(=O)=O)cc1. The molecule has 1 unspecified atom stereocenters. The molecule has 0 spiro atoms. The van der Waals surface area contributed by atoms with E-state index < -0.39 is 10.1 Å². The molecule has 0 aromatic heterocycles. The Bertz CT molecular complexity index is 922. The first kappa shape index (κ1) is 19.5. The average Bonchev–Trinajstić information content (AvgIpc) is 2.81. The van der Waals surface area contributed by atoms with E-state index in [0.717, 1.165) is 47.9 Å². The predicted molar refractivity (Wildman–Crippen MR) is 104 cm³/mol. The van der Waals surface area contributed by atoms with Crippen molar-refractivity contribution in [3.05, 3.63) is 52.6 Å². The molecule has 27 heavy (non-hydrogen) atoms. The van der Waals surface area contributed by atoms with Crippen molar-refractivity contribution in [3.63, 3.8) is 0 Å². The number of aromatic hydroxyl groups is 2. The molecule has 1 atom stereocenters. The van der Waals surface area contributed by atoms with Gasteiger partial charge in [-0.3, -0.25) is 0 Å². The first-order valence-electron chi connectivity index (χ1n) is 9.07. The second kappa shape index (κ2) is 7.78. The normalized spacial score (nSPS) is 17.2. The zero-order chi connectivity index (χ0) is 19.6. The Balaban J connectivity index is 2.03. The lowest BCUT2D eigenvalue weighted by molar-refractivity contribution is 0.397. The summed E-state index contributed by atoms with van der Waals surface area (Å²) in [4.78, 5) is 0. The zero-order valence-corrected chi connectivity index (χ0v) is 16.3. The van der Waals surface area contributed by atoms with Crippen molar-refractivity contribution in [3.8, 4) is 17.2 Å². The predicted octanol–water partition coefficient (Wildman–Crippen LogP) is 2.67. The van der Waals surface area contributed by atoms with Crippen LogP contribution in [0.15, 0.2) is 30.3 Å². The molecule has 0 saturated carbocycles. The van der Waals surface area contributed by atoms with Gasteiger partial charge in [-0.1, -0.05) is 25.5 Å². The Hall–Kier alpha value is -2.25. The molecule has 6 nitrogen and oxygen atoms in total. The standard InChI is InChI=1S/C20H25NO5S/c1-3-4-16-15-9-10-21-12-18(17(15)11-19(22)20(16)23)13-5-7-14(8-6-13)26-27(2,24)25/h5-8,11,18,21-23H,3-4,9-10,12H2,1-2H3. The number of rotatable bonds is 5. The highest BCUT2D eigenvalue weighted by molar-refractivity contribution is 7.86. The van der Waals surface area contributed by atoms with E-state index in [1.165, 1.54) is 0 Å². The molecule has 3 N–H and O–H groups in total. The molecule has 0 saturated heterocycles. The molecule has 7 heteroatoms. The van der Waals surface area contributed by atoms with Crippen molar-refractivity contribution in [1.29, 1.82) is 0 Å². The summed E-state index contributed by atoms with van der Waals surface area (Å²) in [6.45, 7) is 3.53. The summed E-state index contributed by atoms with van der Waals surface area (Å²) >= 11 is 0. The van der Waals surface area contributed by atoms with Crippen LogP contribution in [0.2, 0.25) is 0 Å². The lowest BCUT2D eigenvalue weighted by Gasteiger charge is -2.22. The third-order valence-electron chi connectivity index (χ3n) is 4.84. The molecular formula is C20H25NO5S. The van der Waals surface area contributed by atoms with E-state index in [2.05, 4.69) is 5.32 Å². The van der Waals surface area contributed by atoms with Gasteiger partial charge >= 0.3 is 10.1 Å². The minimum atomic E-state index is -3.56. The van der Waals surface area contributed by atoms with Gasteiger partial charge in [0.1, 0.15) is 5.75 Å². The Labute approximate surface area is 159 Å². The number of benzene rings is 2. The molecule has 0 amide bonds. The van der Waals surface area contributed by atoms with Crippen LogP contribution in [0.3, 0.4) is 0 Å². The van der Waals surface area contributed by atoms with Crippen LogP contribution in [0.1, 0.15) is 41.5 Å². The number of fused-ring (bicyclic) bond motifs is 1. The summed E-state index contributed by atoms with van der Waals surface area (Å²) in [5, 5.41) is 24.0. The molecule has 0 bridgehead atoms. The molecule has 1 aliphatic rings. The van der Waals surface area contributed by atoms with E-state index in [1.807, 2.05) is 19.1 Å². The van der Waals surface area contributed by atoms with Crippen LogP contribution in [-0.4, -0.2) is 38.0 Å². The number of phenols is 2. The van der Waals surface area contributed by atoms with E-state index in [4.69, 9.17) is 4.18 Å². The molecule has 0 fully saturated rings. The van der Waals surface area contributed by atoms with Crippen molar-refractivity contribution >= 4 is 10.1 Å². The maximum Gasteiger partial charge on any atom is 0.306 e. The minimum absolute atomic E-state index is 0.0168. The third kappa shape index (κ3) is 4.36. The summed E-state index contributed by atoms with van der Waals surface area (Å²) in [7, 11) is -3.56. The summed E-state index contributed by atoms with van der Waals surface area (Å²) in [6.07, 6.45) is 3.37. The highest BCUT2D eigenvalue weighted by Crippen LogP contribution is 2.40. The van der Waals surface area contributed by atoms with Crippen molar-refractivity contribution < 1.29 is 22.8 Å². The molecule has 0 radical (unpaired) electrons. The van der Waals surface area contributed by atoms with Crippen molar-refractivity contribution in [2.45, 2.75) is 32.1 Å². The summed E-state index contributed by atoms with van der Waals surface area (Å²) in [5.41, 5.74) is 3.88. The fourth-order valence-electron chi connectivity index (χ4n) is 3.70. The maximum absolute atomic E-state index is 11.3. The summed E-state index contributed by atoms with van der Waals surface area (Å²) in [5.74, 6) is 0.134. The molecule has 3 rings (SSSR count). The van der Waals surface area contributed by atoms with Gasteiger partial charge in [0.25, 0.3) is 0 Å². The molecule has 146 valence electrons. The van der Waals surface area contributed by atoms with Crippen molar-refractivity contribution in [2.75, 3.05) is 19.3 Å². The second-order valence-corrected chi connectivity index (χ2v) is 8.48. The van der Waals surface area contributed by atoms with Crippen LogP contribution in [-0.2, 0) is 23.0 Å². The minimum Gasteiger partial charge on any atom is -0.504 e. The summed E-state index contributed by atoms with van der Waals surface area (Å²) in [6, 6.07) is 8.60. The lowest BCUT2D eigenvalue weighted by Crippen LogP contribution is -2.20. The van der Waals surface area contributed by atoms with E-state index in [-0.39, 0.29) is 23.2 Å². The Morgan fingerprint density at radius 2 is 1.93 bits per heavy atom. The first-order chi connectivity index (χ1) is 12.8. The van der Waals surface area contributed by atoms with Crippen molar-refractivity contribution in [2.24, 2.45) is 0 Å². The van der Waals surface area contributed by atoms with Gasteiger partial charge in [-0.05, 0) is 54.3 Å². The van der Waals surface area contributed by atoms with Gasteiger partial charge in [-0.25, -0.2) is 0 Å². The number of hydrogen-bond donors (Lipinski definition) is 3. The van der Waals surface area contributed by atoms with E-state index in [1.54, 1.807) is 18.2 Å². The Morgan fingerprint density at radius 1 is 1.22 bits per heavy atom. The molecule has 0 aliphatic carbocycles. The van der Waals surface area contributed by atoms with Gasteiger partial charge in [0.2, 0.25) is 0 Å². The van der Waals surface area contributed by atoms with Crippen LogP contribution in [0.25, 0.3) is 0 Å². The van der Waals surface area contributed by atoms with Gasteiger partial charge in [-0.2, -0.15) is 8.42 Å². The van der Waals surface area contributed by atoms with Crippen LogP contribution >= 0.6 is 0 Å². The van der Waals surface area contributed by atoms with Gasteiger partial charge in [0.15, 0.2) is 11.5 Å². The molecular weight excluding hydrogens is 366 g/mol. The fraction of sp³-hybridized carbons (Fsp3) is 0.400. The van der Waals surface area contributed by atoms with Crippen molar-refractivity contribution in [1.82, 2.24) is 5.32 Å². The van der Waals surface area contributed by atoms with Crippen LogP contribution in [0, 0.1) is 0 Å². The average molecular weight is 391 g/mol. The Morgan fingerprint density at radius 3 is 2.56 bits per heavy atom. The maximum atomic E-state index is 11.3. The first-order valence-corrected chi connectivity index (χ1v) is 10.9. The van der Waals surface area contributed by atoms with E-state index in [9.17, 15) is 18.6 Å². The molecule has 2 aromatic carbocycles. The monoisotopic (exact) mass is 391 g/mol. The number of hydrogen-bond acceptors (Lipinski definition) is 6. The highest BCUT2D eigenvalue weighted by atomic mass is 32.2. The van der Waals surface area contributed by atoms with E-state index in [0.29, 0.717) is 13.0 Å². The fourth-order valence-corrected chi connectivity index (χ4v) is 4.16. The molecule has 1 aliphatic heterocycles. The molecule has 1 heterocycles. The Kier molecular flexibility index (Phi) is 5.62. The lowest BCUT2D eigenvalue weighted by atomic mass is 9.84. The largest absolute Gasteiger partial charge is 0.504 e. The quantitative estimate of drug-likeness (QED) is 0.536. The van der Waals surface area contributed by atoms with Gasteiger partial charge in [-0.15, -0.1) is 0 Å². The van der Waals surface area contributed by atoms with Crippen LogP contribution < -0.4 is 9.50 Å². The third-order valence-corrected chi connectivity index (χ3v) is 5.33.